The summed E-state index contributed by atoms with van der Waals surface area (Å²) in [5.41, 5.74) is 7.49. The maximum Gasteiger partial charge on any atom is 0.309 e. The largest absolute Gasteiger partial charge is 0.461 e. The van der Waals surface area contributed by atoms with Gasteiger partial charge in [0.25, 0.3) is 5.91 Å². The van der Waals surface area contributed by atoms with Gasteiger partial charge in [-0.1, -0.05) is 97.9 Å². The summed E-state index contributed by atoms with van der Waals surface area (Å²) in [5.74, 6) is -2.14. The zero-order valence-corrected chi connectivity index (χ0v) is 30.0. The monoisotopic (exact) mass is 670 g/mol. The molecule has 47 heavy (non-hydrogen) atoms. The quantitative estimate of drug-likeness (QED) is 0.143. The minimum atomic E-state index is -0.779. The molecule has 260 valence electrons. The van der Waals surface area contributed by atoms with Crippen molar-refractivity contribution in [3.8, 4) is 0 Å². The molecular formula is C36H54N4O6S. The fourth-order valence-corrected chi connectivity index (χ4v) is 6.00. The van der Waals surface area contributed by atoms with Crippen LogP contribution in [0.15, 0.2) is 48.4 Å². The van der Waals surface area contributed by atoms with Crippen LogP contribution >= 0.6 is 11.3 Å². The zero-order valence-electron chi connectivity index (χ0n) is 29.2. The third-order valence-corrected chi connectivity index (χ3v) is 9.35. The van der Waals surface area contributed by atoms with E-state index >= 15 is 0 Å². The number of nitrogens with zero attached hydrogens (tertiary/aromatic N) is 2. The van der Waals surface area contributed by atoms with Gasteiger partial charge in [-0.3, -0.25) is 19.2 Å². The number of likely N-dealkylation sites (N-methyl/N-ethyl adjacent to an activating group) is 1. The van der Waals surface area contributed by atoms with E-state index in [9.17, 15) is 19.2 Å². The smallest absolute Gasteiger partial charge is 0.309 e. The molecule has 1 heterocycles. The molecule has 1 aromatic heterocycles. The van der Waals surface area contributed by atoms with Crippen molar-refractivity contribution in [2.45, 2.75) is 98.4 Å². The van der Waals surface area contributed by atoms with Crippen LogP contribution in [0.2, 0.25) is 0 Å². The van der Waals surface area contributed by atoms with Crippen molar-refractivity contribution in [3.05, 3.63) is 64.6 Å². The van der Waals surface area contributed by atoms with Crippen molar-refractivity contribution in [1.82, 2.24) is 15.2 Å². The number of nitrogens with one attached hydrogen (secondary N) is 1. The van der Waals surface area contributed by atoms with Gasteiger partial charge in [0, 0.05) is 30.9 Å². The van der Waals surface area contributed by atoms with Gasteiger partial charge in [0.05, 0.1) is 17.9 Å². The minimum absolute atomic E-state index is 0.0128. The van der Waals surface area contributed by atoms with Crippen molar-refractivity contribution in [3.63, 3.8) is 0 Å². The lowest BCUT2D eigenvalue weighted by Gasteiger charge is -2.36. The maximum atomic E-state index is 13.6. The molecule has 6 atom stereocenters. The number of benzene rings is 1. The summed E-state index contributed by atoms with van der Waals surface area (Å²) in [6, 6.07) is 8.38. The number of ether oxygens (including phenoxy) is 2. The summed E-state index contributed by atoms with van der Waals surface area (Å²) in [6.07, 6.45) is 2.67. The summed E-state index contributed by atoms with van der Waals surface area (Å²) in [7, 11) is 1.73. The Bertz CT molecular complexity index is 1310. The molecule has 2 unspecified atom stereocenters. The van der Waals surface area contributed by atoms with Crippen LogP contribution in [0.5, 0.6) is 0 Å². The van der Waals surface area contributed by atoms with E-state index in [0.29, 0.717) is 24.3 Å². The van der Waals surface area contributed by atoms with Crippen LogP contribution in [0.3, 0.4) is 0 Å². The first-order chi connectivity index (χ1) is 22.2. The van der Waals surface area contributed by atoms with E-state index in [1.54, 1.807) is 38.1 Å². The average molecular weight is 671 g/mol. The first kappa shape index (κ1) is 39.6. The molecule has 2 aromatic rings. The molecule has 3 N–H and O–H groups in total. The van der Waals surface area contributed by atoms with Crippen molar-refractivity contribution in [2.24, 2.45) is 29.4 Å². The Balaban J connectivity index is 2.33. The molecule has 0 fully saturated rings. The maximum absolute atomic E-state index is 13.6. The summed E-state index contributed by atoms with van der Waals surface area (Å²) in [4.78, 5) is 58.5. The van der Waals surface area contributed by atoms with Crippen LogP contribution in [0, 0.1) is 23.7 Å². The van der Waals surface area contributed by atoms with Crippen molar-refractivity contribution in [1.29, 1.82) is 0 Å². The predicted molar refractivity (Wildman–Crippen MR) is 186 cm³/mol. The molecule has 0 spiro atoms. The highest BCUT2D eigenvalue weighted by Gasteiger charge is 2.34. The fraction of sp³-hybridized carbons (Fsp3) is 0.583. The molecule has 0 radical (unpaired) electrons. The molecular weight excluding hydrogens is 616 g/mol. The Morgan fingerprint density at radius 2 is 1.70 bits per heavy atom. The van der Waals surface area contributed by atoms with E-state index < -0.39 is 29.9 Å². The lowest BCUT2D eigenvalue weighted by molar-refractivity contribution is -0.155. The number of thiazole rings is 1. The zero-order chi connectivity index (χ0) is 35.3. The van der Waals surface area contributed by atoms with Crippen molar-refractivity contribution in [2.75, 3.05) is 13.7 Å². The highest BCUT2D eigenvalue weighted by molar-refractivity contribution is 7.09. The van der Waals surface area contributed by atoms with Crippen molar-refractivity contribution < 1.29 is 28.7 Å². The number of carbonyl (C=O) groups is 4. The second kappa shape index (κ2) is 19.3. The van der Waals surface area contributed by atoms with Gasteiger partial charge in [-0.2, -0.15) is 0 Å². The van der Waals surface area contributed by atoms with Gasteiger partial charge in [-0.15, -0.1) is 11.3 Å². The van der Waals surface area contributed by atoms with Crippen LogP contribution in [-0.4, -0.2) is 65.4 Å². The molecule has 0 aliphatic heterocycles. The van der Waals surface area contributed by atoms with Gasteiger partial charge >= 0.3 is 11.9 Å². The Hall–Kier alpha value is -3.57. The minimum Gasteiger partial charge on any atom is -0.461 e. The third kappa shape index (κ3) is 12.2. The van der Waals surface area contributed by atoms with E-state index in [1.165, 1.54) is 17.4 Å². The van der Waals surface area contributed by atoms with Gasteiger partial charge in [0.2, 0.25) is 5.91 Å². The summed E-state index contributed by atoms with van der Waals surface area (Å²) >= 11 is 1.23. The van der Waals surface area contributed by atoms with Gasteiger partial charge in [0.1, 0.15) is 17.3 Å². The van der Waals surface area contributed by atoms with Crippen LogP contribution in [0.1, 0.15) is 94.9 Å². The van der Waals surface area contributed by atoms with E-state index in [4.69, 9.17) is 15.2 Å². The first-order valence-electron chi connectivity index (χ1n) is 16.5. The topological polar surface area (TPSA) is 141 Å². The summed E-state index contributed by atoms with van der Waals surface area (Å²) in [5, 5.41) is 5.16. The van der Waals surface area contributed by atoms with Gasteiger partial charge in [-0.25, -0.2) is 4.98 Å². The molecule has 0 saturated heterocycles. The van der Waals surface area contributed by atoms with Crippen LogP contribution in [0.4, 0.5) is 0 Å². The van der Waals surface area contributed by atoms with Gasteiger partial charge in [-0.05, 0) is 30.2 Å². The van der Waals surface area contributed by atoms with Crippen molar-refractivity contribution >= 4 is 35.1 Å². The number of rotatable bonds is 19. The molecule has 0 saturated carbocycles. The van der Waals surface area contributed by atoms with E-state index in [-0.39, 0.29) is 54.0 Å². The first-order valence-corrected chi connectivity index (χ1v) is 17.4. The van der Waals surface area contributed by atoms with E-state index in [0.717, 1.165) is 12.0 Å². The number of hydrogen-bond donors (Lipinski definition) is 2. The lowest BCUT2D eigenvalue weighted by atomic mass is 9.93. The number of esters is 2. The number of aromatic nitrogens is 1. The van der Waals surface area contributed by atoms with Crippen LogP contribution < -0.4 is 11.1 Å². The van der Waals surface area contributed by atoms with Gasteiger partial charge in [0.15, 0.2) is 6.10 Å². The molecule has 1 aromatic carbocycles. The number of hydrogen-bond acceptors (Lipinski definition) is 9. The average Bonchev–Trinajstić information content (AvgIpc) is 3.54. The van der Waals surface area contributed by atoms with E-state index in [2.05, 4.69) is 16.9 Å². The molecule has 2 amide bonds. The highest BCUT2D eigenvalue weighted by atomic mass is 32.1. The molecule has 0 bridgehead atoms. The number of amides is 2. The Morgan fingerprint density at radius 3 is 2.28 bits per heavy atom. The second-order valence-corrected chi connectivity index (χ2v) is 13.9. The SMILES string of the molecule is C=CCOC(=O)C(C)CC(Cc1ccccc1)NC(=O)c1csc([C@@H](C[C@H](C(C)C)N(C)C(=O)[C@@H](N)[C@@H](C)CC)OC(=O)C(C)C)n1. The standard InChI is InChI=1S/C36H54N4O6S/c1-10-17-45-36(44)25(8)18-27(19-26-15-13-12-14-16-26)38-32(41)28-21-47-33(39-28)30(46-35(43)23(5)6)20-29(22(3)4)40(9)34(42)31(37)24(7)11-2/h10,12-16,21-25,27,29-31H,1,11,17-20,37H2,2-9H3,(H,38,41)/t24-,25?,27?,29+,30+,31-/m0/s1. The number of carbonyl (C=O) groups excluding carboxylic acids is 4. The lowest BCUT2D eigenvalue weighted by Crippen LogP contribution is -2.51. The van der Waals surface area contributed by atoms with E-state index in [1.807, 2.05) is 58.0 Å². The fourth-order valence-electron chi connectivity index (χ4n) is 5.17. The highest BCUT2D eigenvalue weighted by Crippen LogP contribution is 2.31. The van der Waals surface area contributed by atoms with Crippen LogP contribution in [-0.2, 0) is 30.3 Å². The molecule has 2 rings (SSSR count). The third-order valence-electron chi connectivity index (χ3n) is 8.42. The predicted octanol–water partition coefficient (Wildman–Crippen LogP) is 5.73. The Morgan fingerprint density at radius 1 is 1.04 bits per heavy atom. The van der Waals surface area contributed by atoms with Gasteiger partial charge < -0.3 is 25.4 Å². The molecule has 0 aliphatic carbocycles. The summed E-state index contributed by atoms with van der Waals surface area (Å²) < 4.78 is 11.2. The normalized spacial score (nSPS) is 15.2. The molecule has 11 heteroatoms. The Labute approximate surface area is 284 Å². The summed E-state index contributed by atoms with van der Waals surface area (Å²) in [6.45, 7) is 16.9. The van der Waals surface area contributed by atoms with Crippen LogP contribution in [0.25, 0.3) is 0 Å². The molecule has 10 nitrogen and oxygen atoms in total. The second-order valence-electron chi connectivity index (χ2n) is 13.0. The molecule has 0 aliphatic rings. The number of nitrogens with two attached hydrogens (primary N) is 1. The Kier molecular flexibility index (Phi) is 16.3.